The molecule has 1 aromatic heterocycles. The second-order valence-corrected chi connectivity index (χ2v) is 5.55. The summed E-state index contributed by atoms with van der Waals surface area (Å²) in [6.07, 6.45) is 2.77. The van der Waals surface area contributed by atoms with Crippen LogP contribution in [0.1, 0.15) is 41.7 Å². The molecule has 1 saturated heterocycles. The average molecular weight is 291 g/mol. The van der Waals surface area contributed by atoms with E-state index in [9.17, 15) is 9.59 Å². The van der Waals surface area contributed by atoms with Gasteiger partial charge in [-0.2, -0.15) is 0 Å². The molecule has 1 aromatic rings. The van der Waals surface area contributed by atoms with Crippen LogP contribution < -0.4 is 10.6 Å². The number of nitrogens with two attached hydrogens (primary N) is 1. The van der Waals surface area contributed by atoms with Crippen LogP contribution in [0.5, 0.6) is 0 Å². The second-order valence-electron chi connectivity index (χ2n) is 5.55. The van der Waals surface area contributed by atoms with E-state index in [1.807, 2.05) is 6.92 Å². The molecule has 0 spiro atoms. The van der Waals surface area contributed by atoms with Crippen molar-refractivity contribution in [1.29, 1.82) is 0 Å². The number of carboxylic acids is 1. The molecule has 114 valence electrons. The fourth-order valence-electron chi connectivity index (χ4n) is 2.74. The van der Waals surface area contributed by atoms with E-state index < -0.39 is 11.9 Å². The van der Waals surface area contributed by atoms with E-state index in [4.69, 9.17) is 10.8 Å². The van der Waals surface area contributed by atoms with E-state index in [0.717, 1.165) is 31.6 Å². The maximum atomic E-state index is 11.5. The summed E-state index contributed by atoms with van der Waals surface area (Å²) in [5.41, 5.74) is 6.71. The molecule has 0 saturated carbocycles. The van der Waals surface area contributed by atoms with Gasteiger partial charge in [0.05, 0.1) is 5.56 Å². The fraction of sp³-hybridized carbons (Fsp3) is 0.533. The molecule has 0 atom stereocenters. The van der Waals surface area contributed by atoms with Gasteiger partial charge in [0.25, 0.3) is 5.91 Å². The predicted molar refractivity (Wildman–Crippen MR) is 79.3 cm³/mol. The Bertz CT molecular complexity index is 537. The lowest BCUT2D eigenvalue weighted by molar-refractivity contribution is -0.137. The average Bonchev–Trinajstić information content (AvgIpc) is 2.45. The Hall–Kier alpha value is -2.11. The number of carbonyl (C=O) groups excluding carboxylic acids is 1. The maximum Gasteiger partial charge on any atom is 0.303 e. The van der Waals surface area contributed by atoms with Gasteiger partial charge in [-0.1, -0.05) is 0 Å². The highest BCUT2D eigenvalue weighted by molar-refractivity contribution is 5.97. The van der Waals surface area contributed by atoms with Crippen LogP contribution >= 0.6 is 0 Å². The molecule has 2 rings (SSSR count). The number of pyridine rings is 1. The van der Waals surface area contributed by atoms with Crippen LogP contribution in [0.25, 0.3) is 0 Å². The molecule has 0 radical (unpaired) electrons. The summed E-state index contributed by atoms with van der Waals surface area (Å²) in [4.78, 5) is 28.6. The number of aliphatic carboxylic acids is 1. The van der Waals surface area contributed by atoms with E-state index in [1.54, 1.807) is 12.1 Å². The van der Waals surface area contributed by atoms with Crippen LogP contribution in [0, 0.1) is 12.8 Å². The maximum absolute atomic E-state index is 11.5. The van der Waals surface area contributed by atoms with Crippen molar-refractivity contribution >= 4 is 17.7 Å². The molecular formula is C15H21N3O3. The Balaban J connectivity index is 2.03. The molecule has 0 aliphatic carbocycles. The molecule has 0 unspecified atom stereocenters. The predicted octanol–water partition coefficient (Wildman–Crippen LogP) is 1.57. The fourth-order valence-corrected chi connectivity index (χ4v) is 2.74. The molecule has 1 amide bonds. The van der Waals surface area contributed by atoms with E-state index in [2.05, 4.69) is 9.88 Å². The van der Waals surface area contributed by atoms with E-state index in [-0.39, 0.29) is 6.42 Å². The lowest BCUT2D eigenvalue weighted by atomic mass is 9.92. The minimum Gasteiger partial charge on any atom is -0.481 e. The normalized spacial score (nSPS) is 16.0. The van der Waals surface area contributed by atoms with E-state index >= 15 is 0 Å². The number of aromatic nitrogens is 1. The van der Waals surface area contributed by atoms with Gasteiger partial charge in [-0.25, -0.2) is 4.98 Å². The zero-order valence-corrected chi connectivity index (χ0v) is 12.2. The van der Waals surface area contributed by atoms with Gasteiger partial charge in [-0.15, -0.1) is 0 Å². The van der Waals surface area contributed by atoms with Crippen LogP contribution in [-0.4, -0.2) is 35.1 Å². The summed E-state index contributed by atoms with van der Waals surface area (Å²) in [5, 5.41) is 8.73. The SMILES string of the molecule is Cc1ccc(C(N)=O)c(N2CCC(CCC(=O)O)CC2)n1. The molecule has 6 heteroatoms. The first-order chi connectivity index (χ1) is 9.97. The van der Waals surface area contributed by atoms with Crippen molar-refractivity contribution in [3.05, 3.63) is 23.4 Å². The number of rotatable bonds is 5. The molecule has 3 N–H and O–H groups in total. The number of aryl methyl sites for hydroxylation is 1. The second kappa shape index (κ2) is 6.56. The first-order valence-corrected chi connectivity index (χ1v) is 7.21. The first kappa shape index (κ1) is 15.3. The van der Waals surface area contributed by atoms with Crippen molar-refractivity contribution in [3.63, 3.8) is 0 Å². The number of hydrogen-bond donors (Lipinski definition) is 2. The summed E-state index contributed by atoms with van der Waals surface area (Å²) in [6, 6.07) is 3.50. The third-order valence-electron chi connectivity index (χ3n) is 3.96. The number of primary amides is 1. The van der Waals surface area contributed by atoms with Crippen molar-refractivity contribution in [2.75, 3.05) is 18.0 Å². The Kier molecular flexibility index (Phi) is 4.77. The van der Waals surface area contributed by atoms with Gasteiger partial charge in [-0.3, -0.25) is 9.59 Å². The quantitative estimate of drug-likeness (QED) is 0.858. The number of nitrogens with zero attached hydrogens (tertiary/aromatic N) is 2. The topological polar surface area (TPSA) is 96.5 Å². The Morgan fingerprint density at radius 1 is 1.38 bits per heavy atom. The standard InChI is InChI=1S/C15H21N3O3/c1-10-2-4-12(14(16)21)15(17-10)18-8-6-11(7-9-18)3-5-13(19)20/h2,4,11H,3,5-9H2,1H3,(H2,16,21)(H,19,20). The molecule has 21 heavy (non-hydrogen) atoms. The van der Waals surface area contributed by atoms with Crippen molar-refractivity contribution < 1.29 is 14.7 Å². The molecule has 1 aliphatic heterocycles. The Morgan fingerprint density at radius 2 is 2.05 bits per heavy atom. The molecule has 0 bridgehead atoms. The van der Waals surface area contributed by atoms with Gasteiger partial charge < -0.3 is 15.7 Å². The van der Waals surface area contributed by atoms with Crippen molar-refractivity contribution in [3.8, 4) is 0 Å². The number of amides is 1. The van der Waals surface area contributed by atoms with Gasteiger partial charge in [0.2, 0.25) is 0 Å². The molecule has 6 nitrogen and oxygen atoms in total. The summed E-state index contributed by atoms with van der Waals surface area (Å²) in [6.45, 7) is 3.44. The molecular weight excluding hydrogens is 270 g/mol. The number of carbonyl (C=O) groups is 2. The van der Waals surface area contributed by atoms with Crippen LogP contribution in [0.3, 0.4) is 0 Å². The molecule has 1 aliphatic rings. The largest absolute Gasteiger partial charge is 0.481 e. The minimum atomic E-state index is -0.742. The van der Waals surface area contributed by atoms with Crippen molar-refractivity contribution in [2.24, 2.45) is 11.7 Å². The Labute approximate surface area is 124 Å². The molecule has 2 heterocycles. The highest BCUT2D eigenvalue weighted by Gasteiger charge is 2.23. The minimum absolute atomic E-state index is 0.222. The van der Waals surface area contributed by atoms with Gasteiger partial charge in [-0.05, 0) is 44.2 Å². The third-order valence-corrected chi connectivity index (χ3v) is 3.96. The smallest absolute Gasteiger partial charge is 0.303 e. The number of piperidine rings is 1. The highest BCUT2D eigenvalue weighted by Crippen LogP contribution is 2.27. The van der Waals surface area contributed by atoms with Gasteiger partial charge in [0, 0.05) is 25.2 Å². The summed E-state index contributed by atoms with van der Waals surface area (Å²) in [5.74, 6) is -0.127. The highest BCUT2D eigenvalue weighted by atomic mass is 16.4. The number of carboxylic acid groups (broad SMARTS) is 1. The first-order valence-electron chi connectivity index (χ1n) is 7.21. The Morgan fingerprint density at radius 3 is 2.62 bits per heavy atom. The summed E-state index contributed by atoms with van der Waals surface area (Å²) < 4.78 is 0. The van der Waals surface area contributed by atoms with Crippen molar-refractivity contribution in [1.82, 2.24) is 4.98 Å². The van der Waals surface area contributed by atoms with Crippen LogP contribution in [0.2, 0.25) is 0 Å². The molecule has 0 aromatic carbocycles. The lowest BCUT2D eigenvalue weighted by Gasteiger charge is -2.33. The van der Waals surface area contributed by atoms with Crippen LogP contribution in [0.4, 0.5) is 5.82 Å². The molecule has 1 fully saturated rings. The van der Waals surface area contributed by atoms with Crippen LogP contribution in [-0.2, 0) is 4.79 Å². The van der Waals surface area contributed by atoms with E-state index in [1.165, 1.54) is 0 Å². The summed E-state index contributed by atoms with van der Waals surface area (Å²) in [7, 11) is 0. The summed E-state index contributed by atoms with van der Waals surface area (Å²) >= 11 is 0. The van der Waals surface area contributed by atoms with Gasteiger partial charge in [0.15, 0.2) is 0 Å². The lowest BCUT2D eigenvalue weighted by Crippen LogP contribution is -2.36. The van der Waals surface area contributed by atoms with Crippen LogP contribution in [0.15, 0.2) is 12.1 Å². The zero-order valence-electron chi connectivity index (χ0n) is 12.2. The van der Waals surface area contributed by atoms with Gasteiger partial charge >= 0.3 is 5.97 Å². The number of anilines is 1. The third kappa shape index (κ3) is 3.93. The van der Waals surface area contributed by atoms with Gasteiger partial charge in [0.1, 0.15) is 5.82 Å². The zero-order chi connectivity index (χ0) is 15.4. The van der Waals surface area contributed by atoms with E-state index in [0.29, 0.717) is 23.7 Å². The van der Waals surface area contributed by atoms with Crippen molar-refractivity contribution in [2.45, 2.75) is 32.6 Å². The monoisotopic (exact) mass is 291 g/mol. The number of hydrogen-bond acceptors (Lipinski definition) is 4.